The Kier molecular flexibility index (Phi) is 4.60. The number of H-pyrrole nitrogens is 1. The third kappa shape index (κ3) is 3.59. The summed E-state index contributed by atoms with van der Waals surface area (Å²) in [5.41, 5.74) is 3.24. The van der Waals surface area contributed by atoms with Crippen LogP contribution in [0, 0.1) is 5.92 Å². The van der Waals surface area contributed by atoms with E-state index < -0.39 is 0 Å². The van der Waals surface area contributed by atoms with Gasteiger partial charge in [0.1, 0.15) is 0 Å². The second-order valence-corrected chi connectivity index (χ2v) is 5.48. The molecule has 0 amide bonds. The lowest BCUT2D eigenvalue weighted by Crippen LogP contribution is -2.24. The van der Waals surface area contributed by atoms with Crippen LogP contribution in [-0.2, 0) is 13.1 Å². The van der Waals surface area contributed by atoms with Gasteiger partial charge in [-0.15, -0.1) is 0 Å². The lowest BCUT2D eigenvalue weighted by atomic mass is 10.1. The Balaban J connectivity index is 1.53. The average molecular weight is 296 g/mol. The highest BCUT2D eigenvalue weighted by Gasteiger charge is 2.08. The molecule has 6 heteroatoms. The van der Waals surface area contributed by atoms with Crippen LogP contribution in [0.3, 0.4) is 0 Å². The summed E-state index contributed by atoms with van der Waals surface area (Å²) in [4.78, 5) is 4.15. The first kappa shape index (κ1) is 14.5. The van der Waals surface area contributed by atoms with Crippen LogP contribution in [-0.4, -0.2) is 31.5 Å². The van der Waals surface area contributed by atoms with E-state index in [-0.39, 0.29) is 0 Å². The maximum Gasteiger partial charge on any atom is 0.0710 e. The SMILES string of the molecule is C[C@@H](CNCc1cn[nH]c1-c1cccnc1)Cn1cccn1. The van der Waals surface area contributed by atoms with Crippen LogP contribution in [0.15, 0.2) is 49.2 Å². The monoisotopic (exact) mass is 296 g/mol. The van der Waals surface area contributed by atoms with E-state index in [2.05, 4.69) is 32.5 Å². The summed E-state index contributed by atoms with van der Waals surface area (Å²) in [6.45, 7) is 4.84. The summed E-state index contributed by atoms with van der Waals surface area (Å²) < 4.78 is 1.96. The number of nitrogens with one attached hydrogen (secondary N) is 2. The van der Waals surface area contributed by atoms with E-state index in [1.54, 1.807) is 6.20 Å². The van der Waals surface area contributed by atoms with Crippen LogP contribution < -0.4 is 5.32 Å². The summed E-state index contributed by atoms with van der Waals surface area (Å²) in [5, 5.41) is 14.9. The first-order valence-electron chi connectivity index (χ1n) is 7.43. The van der Waals surface area contributed by atoms with Crippen molar-refractivity contribution in [3.8, 4) is 11.3 Å². The summed E-state index contributed by atoms with van der Waals surface area (Å²) in [5.74, 6) is 0.508. The Hall–Kier alpha value is -2.47. The molecule has 0 aliphatic carbocycles. The summed E-state index contributed by atoms with van der Waals surface area (Å²) in [7, 11) is 0. The quantitative estimate of drug-likeness (QED) is 0.700. The Bertz CT molecular complexity index is 674. The number of hydrogen-bond acceptors (Lipinski definition) is 4. The second kappa shape index (κ2) is 7.00. The lowest BCUT2D eigenvalue weighted by Gasteiger charge is -2.12. The van der Waals surface area contributed by atoms with Gasteiger partial charge in [-0.1, -0.05) is 6.92 Å². The zero-order valence-corrected chi connectivity index (χ0v) is 12.6. The molecule has 6 nitrogen and oxygen atoms in total. The Labute approximate surface area is 129 Å². The predicted molar refractivity (Wildman–Crippen MR) is 84.9 cm³/mol. The molecule has 0 spiro atoms. The number of aromatic amines is 1. The van der Waals surface area contributed by atoms with Crippen molar-refractivity contribution in [2.24, 2.45) is 5.92 Å². The normalized spacial score (nSPS) is 12.4. The van der Waals surface area contributed by atoms with E-state index in [1.807, 2.05) is 47.7 Å². The zero-order chi connectivity index (χ0) is 15.2. The van der Waals surface area contributed by atoms with E-state index in [4.69, 9.17) is 0 Å². The molecule has 1 atom stereocenters. The van der Waals surface area contributed by atoms with Crippen molar-refractivity contribution in [2.75, 3.05) is 6.54 Å². The Morgan fingerprint density at radius 1 is 1.27 bits per heavy atom. The third-order valence-electron chi connectivity index (χ3n) is 3.53. The van der Waals surface area contributed by atoms with Gasteiger partial charge in [0, 0.05) is 49.0 Å². The highest BCUT2D eigenvalue weighted by Crippen LogP contribution is 2.19. The fraction of sp³-hybridized carbons (Fsp3) is 0.312. The molecule has 0 fully saturated rings. The molecular weight excluding hydrogens is 276 g/mol. The van der Waals surface area contributed by atoms with E-state index in [0.29, 0.717) is 5.92 Å². The molecule has 3 rings (SSSR count). The smallest absolute Gasteiger partial charge is 0.0710 e. The van der Waals surface area contributed by atoms with Crippen LogP contribution in [0.2, 0.25) is 0 Å². The first-order valence-corrected chi connectivity index (χ1v) is 7.43. The van der Waals surface area contributed by atoms with Gasteiger partial charge < -0.3 is 5.32 Å². The van der Waals surface area contributed by atoms with Gasteiger partial charge in [-0.05, 0) is 30.7 Å². The van der Waals surface area contributed by atoms with Crippen molar-refractivity contribution in [3.63, 3.8) is 0 Å². The van der Waals surface area contributed by atoms with Crippen molar-refractivity contribution in [2.45, 2.75) is 20.0 Å². The van der Waals surface area contributed by atoms with Gasteiger partial charge in [0.2, 0.25) is 0 Å². The molecule has 114 valence electrons. The lowest BCUT2D eigenvalue weighted by molar-refractivity contribution is 0.422. The molecule has 0 radical (unpaired) electrons. The second-order valence-electron chi connectivity index (χ2n) is 5.48. The number of aromatic nitrogens is 5. The van der Waals surface area contributed by atoms with Gasteiger partial charge in [-0.3, -0.25) is 14.8 Å². The number of pyridine rings is 1. The van der Waals surface area contributed by atoms with Crippen LogP contribution in [0.5, 0.6) is 0 Å². The molecule has 3 aromatic rings. The molecule has 3 aromatic heterocycles. The molecule has 0 aliphatic rings. The highest BCUT2D eigenvalue weighted by atomic mass is 15.3. The van der Waals surface area contributed by atoms with E-state index >= 15 is 0 Å². The van der Waals surface area contributed by atoms with Crippen molar-refractivity contribution in [1.82, 2.24) is 30.3 Å². The van der Waals surface area contributed by atoms with Gasteiger partial charge in [0.15, 0.2) is 0 Å². The Morgan fingerprint density at radius 3 is 3.00 bits per heavy atom. The standard InChI is InChI=1S/C16H20N6/c1-13(12-22-7-3-6-20-22)8-18-10-15-11-19-21-16(15)14-4-2-5-17-9-14/h2-7,9,11,13,18H,8,10,12H2,1H3,(H,19,21)/t13-/m0/s1. The first-order chi connectivity index (χ1) is 10.8. The molecule has 0 unspecified atom stereocenters. The molecule has 0 aromatic carbocycles. The summed E-state index contributed by atoms with van der Waals surface area (Å²) >= 11 is 0. The molecule has 22 heavy (non-hydrogen) atoms. The Morgan fingerprint density at radius 2 is 2.23 bits per heavy atom. The largest absolute Gasteiger partial charge is 0.312 e. The molecular formula is C16H20N6. The van der Waals surface area contributed by atoms with Crippen LogP contribution in [0.1, 0.15) is 12.5 Å². The van der Waals surface area contributed by atoms with Crippen molar-refractivity contribution in [3.05, 3.63) is 54.7 Å². The van der Waals surface area contributed by atoms with Gasteiger partial charge in [0.25, 0.3) is 0 Å². The minimum absolute atomic E-state index is 0.508. The molecule has 0 aliphatic heterocycles. The number of hydrogen-bond donors (Lipinski definition) is 2. The van der Waals surface area contributed by atoms with Crippen molar-refractivity contribution >= 4 is 0 Å². The fourth-order valence-electron chi connectivity index (χ4n) is 2.45. The molecule has 0 saturated carbocycles. The maximum absolute atomic E-state index is 4.23. The van der Waals surface area contributed by atoms with Crippen LogP contribution in [0.25, 0.3) is 11.3 Å². The zero-order valence-electron chi connectivity index (χ0n) is 12.6. The highest BCUT2D eigenvalue weighted by molar-refractivity contribution is 5.61. The summed E-state index contributed by atoms with van der Waals surface area (Å²) in [6.07, 6.45) is 9.29. The number of nitrogens with zero attached hydrogens (tertiary/aromatic N) is 4. The maximum atomic E-state index is 4.23. The minimum Gasteiger partial charge on any atom is -0.312 e. The van der Waals surface area contributed by atoms with Crippen molar-refractivity contribution < 1.29 is 0 Å². The summed E-state index contributed by atoms with van der Waals surface area (Å²) in [6, 6.07) is 5.91. The predicted octanol–water partition coefficient (Wildman–Crippen LogP) is 2.09. The van der Waals surface area contributed by atoms with Gasteiger partial charge in [0.05, 0.1) is 11.9 Å². The number of rotatable bonds is 7. The molecule has 0 saturated heterocycles. The van der Waals surface area contributed by atoms with Gasteiger partial charge in [-0.2, -0.15) is 10.2 Å². The third-order valence-corrected chi connectivity index (χ3v) is 3.53. The fourth-order valence-corrected chi connectivity index (χ4v) is 2.45. The topological polar surface area (TPSA) is 71.4 Å². The van der Waals surface area contributed by atoms with Gasteiger partial charge >= 0.3 is 0 Å². The minimum atomic E-state index is 0.508. The molecule has 0 bridgehead atoms. The average Bonchev–Trinajstić information content (AvgIpc) is 3.20. The molecule has 2 N–H and O–H groups in total. The molecule has 3 heterocycles. The van der Waals surface area contributed by atoms with E-state index in [9.17, 15) is 0 Å². The van der Waals surface area contributed by atoms with Crippen molar-refractivity contribution in [1.29, 1.82) is 0 Å². The van der Waals surface area contributed by atoms with Gasteiger partial charge in [-0.25, -0.2) is 0 Å². The van der Waals surface area contributed by atoms with E-state index in [0.717, 1.165) is 36.5 Å². The van der Waals surface area contributed by atoms with Crippen LogP contribution >= 0.6 is 0 Å². The van der Waals surface area contributed by atoms with Crippen LogP contribution in [0.4, 0.5) is 0 Å². The van der Waals surface area contributed by atoms with E-state index in [1.165, 1.54) is 0 Å².